The quantitative estimate of drug-likeness (QED) is 0.745. The van der Waals surface area contributed by atoms with Crippen LogP contribution in [0, 0.1) is 0 Å². The number of benzene rings is 2. The molecule has 0 radical (unpaired) electrons. The van der Waals surface area contributed by atoms with E-state index in [2.05, 4.69) is 29.3 Å². The molecule has 4 nitrogen and oxygen atoms in total. The molecule has 0 heterocycles. The lowest BCUT2D eigenvalue weighted by atomic mass is 10.1. The molecule has 2 rings (SSSR count). The van der Waals surface area contributed by atoms with Crippen LogP contribution in [0.15, 0.2) is 52.7 Å². The molecule has 0 unspecified atom stereocenters. The summed E-state index contributed by atoms with van der Waals surface area (Å²) in [6.45, 7) is 2.18. The lowest BCUT2D eigenvalue weighted by molar-refractivity contribution is 0.408. The minimum Gasteiger partial charge on any atom is -0.505 e. The first-order chi connectivity index (χ1) is 10.2. The molecule has 1 N–H and O–H groups in total. The van der Waals surface area contributed by atoms with E-state index in [9.17, 15) is 5.11 Å². The lowest BCUT2D eigenvalue weighted by Gasteiger charge is -2.02. The van der Waals surface area contributed by atoms with Crippen molar-refractivity contribution in [3.63, 3.8) is 0 Å². The van der Waals surface area contributed by atoms with Crippen LogP contribution in [-0.2, 0) is 6.42 Å². The van der Waals surface area contributed by atoms with Gasteiger partial charge in [0.1, 0.15) is 17.2 Å². The Kier molecular flexibility index (Phi) is 5.32. The number of phenols is 1. The molecule has 4 heteroatoms. The highest BCUT2D eigenvalue weighted by atomic mass is 16.5. The van der Waals surface area contributed by atoms with Crippen LogP contribution in [0.2, 0.25) is 0 Å². The molecule has 0 amide bonds. The topological polar surface area (TPSA) is 54.2 Å². The molecule has 0 aliphatic rings. The number of aryl methyl sites for hydroxylation is 1. The number of nitrogens with zero attached hydrogens (tertiary/aromatic N) is 2. The van der Waals surface area contributed by atoms with Crippen LogP contribution in [-0.4, -0.2) is 12.2 Å². The highest BCUT2D eigenvalue weighted by molar-refractivity contribution is 5.54. The minimum atomic E-state index is 0.0534. The second-order valence-electron chi connectivity index (χ2n) is 4.82. The van der Waals surface area contributed by atoms with Crippen molar-refractivity contribution in [3.8, 4) is 11.5 Å². The molecular formula is C17H20N2O2. The Morgan fingerprint density at radius 3 is 2.43 bits per heavy atom. The normalized spacial score (nSPS) is 11.0. The molecule has 2 aromatic carbocycles. The Morgan fingerprint density at radius 1 is 1.05 bits per heavy atom. The van der Waals surface area contributed by atoms with E-state index in [0.717, 1.165) is 12.1 Å². The average Bonchev–Trinajstić information content (AvgIpc) is 2.52. The van der Waals surface area contributed by atoms with Crippen molar-refractivity contribution in [2.24, 2.45) is 10.2 Å². The SMILES string of the molecule is CCCCc1ccc(N=Nc2ccc(OC)cc2O)cc1. The fourth-order valence-corrected chi connectivity index (χ4v) is 1.94. The van der Waals surface area contributed by atoms with Gasteiger partial charge in [-0.25, -0.2) is 0 Å². The van der Waals surface area contributed by atoms with Gasteiger partial charge >= 0.3 is 0 Å². The van der Waals surface area contributed by atoms with Crippen molar-refractivity contribution in [3.05, 3.63) is 48.0 Å². The van der Waals surface area contributed by atoms with Gasteiger partial charge in [-0.2, -0.15) is 5.11 Å². The zero-order valence-electron chi connectivity index (χ0n) is 12.4. The first kappa shape index (κ1) is 15.0. The van der Waals surface area contributed by atoms with E-state index in [-0.39, 0.29) is 5.75 Å². The van der Waals surface area contributed by atoms with E-state index in [1.54, 1.807) is 19.2 Å². The van der Waals surface area contributed by atoms with Gasteiger partial charge in [0.2, 0.25) is 0 Å². The van der Waals surface area contributed by atoms with E-state index in [4.69, 9.17) is 4.74 Å². The number of unbranched alkanes of at least 4 members (excludes halogenated alkanes) is 1. The third-order valence-corrected chi connectivity index (χ3v) is 3.21. The number of azo groups is 1. The Hall–Kier alpha value is -2.36. The van der Waals surface area contributed by atoms with Crippen LogP contribution in [0.3, 0.4) is 0 Å². The number of ether oxygens (including phenoxy) is 1. The zero-order chi connectivity index (χ0) is 15.1. The van der Waals surface area contributed by atoms with Gasteiger partial charge in [0.05, 0.1) is 12.8 Å². The fourth-order valence-electron chi connectivity index (χ4n) is 1.94. The second kappa shape index (κ2) is 7.43. The molecule has 0 bridgehead atoms. The number of hydrogen-bond acceptors (Lipinski definition) is 4. The Labute approximate surface area is 125 Å². The van der Waals surface area contributed by atoms with Crippen LogP contribution in [0.5, 0.6) is 11.5 Å². The average molecular weight is 284 g/mol. The summed E-state index contributed by atoms with van der Waals surface area (Å²) < 4.78 is 5.03. The summed E-state index contributed by atoms with van der Waals surface area (Å²) in [5.74, 6) is 0.643. The number of rotatable bonds is 6. The van der Waals surface area contributed by atoms with E-state index >= 15 is 0 Å². The predicted molar refractivity (Wildman–Crippen MR) is 83.9 cm³/mol. The zero-order valence-corrected chi connectivity index (χ0v) is 12.4. The first-order valence-electron chi connectivity index (χ1n) is 7.10. The van der Waals surface area contributed by atoms with E-state index in [0.29, 0.717) is 11.4 Å². The van der Waals surface area contributed by atoms with Gasteiger partial charge < -0.3 is 9.84 Å². The van der Waals surface area contributed by atoms with Gasteiger partial charge in [-0.3, -0.25) is 0 Å². The number of hydrogen-bond donors (Lipinski definition) is 1. The standard InChI is InChI=1S/C17H20N2O2/c1-3-4-5-13-6-8-14(9-7-13)18-19-16-11-10-15(21-2)12-17(16)20/h6-12,20H,3-5H2,1-2H3. The van der Waals surface area contributed by atoms with Gasteiger partial charge in [0, 0.05) is 6.07 Å². The van der Waals surface area contributed by atoms with Gasteiger partial charge in [-0.15, -0.1) is 5.11 Å². The molecule has 0 spiro atoms. The summed E-state index contributed by atoms with van der Waals surface area (Å²) in [5, 5.41) is 18.0. The van der Waals surface area contributed by atoms with Crippen LogP contribution < -0.4 is 4.74 Å². The molecule has 0 aliphatic carbocycles. The Balaban J connectivity index is 2.06. The highest BCUT2D eigenvalue weighted by Crippen LogP contribution is 2.31. The summed E-state index contributed by atoms with van der Waals surface area (Å²) in [7, 11) is 1.55. The molecular weight excluding hydrogens is 264 g/mol. The van der Waals surface area contributed by atoms with Crippen molar-refractivity contribution in [1.29, 1.82) is 0 Å². The molecule has 0 saturated heterocycles. The molecule has 0 atom stereocenters. The monoisotopic (exact) mass is 284 g/mol. The summed E-state index contributed by atoms with van der Waals surface area (Å²) in [4.78, 5) is 0. The highest BCUT2D eigenvalue weighted by Gasteiger charge is 2.01. The van der Waals surface area contributed by atoms with Gasteiger partial charge in [-0.05, 0) is 42.7 Å². The lowest BCUT2D eigenvalue weighted by Crippen LogP contribution is -1.82. The van der Waals surface area contributed by atoms with Crippen molar-refractivity contribution >= 4 is 11.4 Å². The molecule has 2 aromatic rings. The first-order valence-corrected chi connectivity index (χ1v) is 7.10. The second-order valence-corrected chi connectivity index (χ2v) is 4.82. The summed E-state index contributed by atoms with van der Waals surface area (Å²) >= 11 is 0. The molecule has 21 heavy (non-hydrogen) atoms. The van der Waals surface area contributed by atoms with Gasteiger partial charge in [-0.1, -0.05) is 25.5 Å². The van der Waals surface area contributed by atoms with Crippen molar-refractivity contribution in [1.82, 2.24) is 0 Å². The third-order valence-electron chi connectivity index (χ3n) is 3.21. The van der Waals surface area contributed by atoms with Crippen LogP contribution in [0.4, 0.5) is 11.4 Å². The number of phenolic OH excluding ortho intramolecular Hbond substituents is 1. The maximum Gasteiger partial charge on any atom is 0.146 e. The predicted octanol–water partition coefficient (Wildman–Crippen LogP) is 5.16. The number of aromatic hydroxyl groups is 1. The van der Waals surface area contributed by atoms with E-state index < -0.39 is 0 Å². The smallest absolute Gasteiger partial charge is 0.146 e. The minimum absolute atomic E-state index is 0.0534. The van der Waals surface area contributed by atoms with Crippen molar-refractivity contribution in [2.45, 2.75) is 26.2 Å². The van der Waals surface area contributed by atoms with E-state index in [1.165, 1.54) is 24.5 Å². The molecule has 0 fully saturated rings. The fraction of sp³-hybridized carbons (Fsp3) is 0.294. The molecule has 0 aliphatic heterocycles. The summed E-state index contributed by atoms with van der Waals surface area (Å²) in [5.41, 5.74) is 2.50. The third kappa shape index (κ3) is 4.31. The molecule has 110 valence electrons. The molecule has 0 aromatic heterocycles. The van der Waals surface area contributed by atoms with Crippen molar-refractivity contribution < 1.29 is 9.84 Å². The maximum absolute atomic E-state index is 9.81. The Morgan fingerprint density at radius 2 is 1.81 bits per heavy atom. The summed E-state index contributed by atoms with van der Waals surface area (Å²) in [6, 6.07) is 12.9. The van der Waals surface area contributed by atoms with Crippen LogP contribution >= 0.6 is 0 Å². The van der Waals surface area contributed by atoms with Crippen molar-refractivity contribution in [2.75, 3.05) is 7.11 Å². The van der Waals surface area contributed by atoms with Gasteiger partial charge in [0.15, 0.2) is 0 Å². The maximum atomic E-state index is 9.81. The van der Waals surface area contributed by atoms with Gasteiger partial charge in [0.25, 0.3) is 0 Å². The number of methoxy groups -OCH3 is 1. The Bertz CT molecular complexity index is 607. The molecule has 0 saturated carbocycles. The van der Waals surface area contributed by atoms with Crippen LogP contribution in [0.25, 0.3) is 0 Å². The van der Waals surface area contributed by atoms with Crippen LogP contribution in [0.1, 0.15) is 25.3 Å². The largest absolute Gasteiger partial charge is 0.505 e. The summed E-state index contributed by atoms with van der Waals surface area (Å²) in [6.07, 6.45) is 3.48. The van der Waals surface area contributed by atoms with E-state index in [1.807, 2.05) is 12.1 Å².